The van der Waals surface area contributed by atoms with Crippen LogP contribution in [0.1, 0.15) is 33.7 Å². The van der Waals surface area contributed by atoms with Gasteiger partial charge in [-0.3, -0.25) is 0 Å². The molecule has 3 atom stereocenters. The molecule has 0 fully saturated rings. The summed E-state index contributed by atoms with van der Waals surface area (Å²) in [5.74, 6) is 2.40. The van der Waals surface area contributed by atoms with Crippen molar-refractivity contribution in [3.05, 3.63) is 167 Å². The molecule has 0 radical (unpaired) electrons. The van der Waals surface area contributed by atoms with Crippen molar-refractivity contribution < 1.29 is 4.74 Å². The maximum absolute atomic E-state index is 9.60. The van der Waals surface area contributed by atoms with E-state index >= 15 is 0 Å². The minimum Gasteiger partial charge on any atom is -0.456 e. The van der Waals surface area contributed by atoms with Gasteiger partial charge in [-0.2, -0.15) is 5.26 Å². The monoisotopic (exact) mass is 511 g/mol. The Morgan fingerprint density at radius 2 is 1.25 bits per heavy atom. The smallest absolute Gasteiger partial charge is 0.139 e. The lowest BCUT2D eigenvalue weighted by molar-refractivity contribution is 0.375. The first kappa shape index (κ1) is 22.8. The Balaban J connectivity index is 1.35. The van der Waals surface area contributed by atoms with Crippen LogP contribution in [0.3, 0.4) is 0 Å². The minimum atomic E-state index is -0.353. The number of hydrogen-bond acceptors (Lipinski definition) is 2. The molecule has 0 bridgehead atoms. The summed E-state index contributed by atoms with van der Waals surface area (Å²) >= 11 is 0. The van der Waals surface area contributed by atoms with Gasteiger partial charge in [-0.15, -0.1) is 0 Å². The number of nitrogens with zero attached hydrogens (tertiary/aromatic N) is 1. The molecule has 2 nitrogen and oxygen atoms in total. The lowest BCUT2D eigenvalue weighted by atomic mass is 9.61. The predicted octanol–water partition coefficient (Wildman–Crippen LogP) is 9.17. The molecule has 1 aliphatic heterocycles. The molecule has 3 aliphatic rings. The zero-order valence-corrected chi connectivity index (χ0v) is 21.8. The summed E-state index contributed by atoms with van der Waals surface area (Å²) in [5.41, 5.74) is 9.65. The van der Waals surface area contributed by atoms with Gasteiger partial charge in [0.15, 0.2) is 0 Å². The summed E-state index contributed by atoms with van der Waals surface area (Å²) < 4.78 is 6.81. The van der Waals surface area contributed by atoms with Gasteiger partial charge in [0, 0.05) is 28.5 Å². The van der Waals surface area contributed by atoms with Crippen molar-refractivity contribution >= 4 is 0 Å². The predicted molar refractivity (Wildman–Crippen MR) is 159 cm³/mol. The summed E-state index contributed by atoms with van der Waals surface area (Å²) in [5, 5.41) is 9.60. The summed E-state index contributed by atoms with van der Waals surface area (Å²) in [6.45, 7) is 0. The van der Waals surface area contributed by atoms with E-state index in [1.165, 1.54) is 22.3 Å². The molecule has 40 heavy (non-hydrogen) atoms. The third kappa shape index (κ3) is 3.04. The fourth-order valence-corrected chi connectivity index (χ4v) is 7.28. The van der Waals surface area contributed by atoms with Gasteiger partial charge in [-0.1, -0.05) is 127 Å². The van der Waals surface area contributed by atoms with Crippen molar-refractivity contribution in [3.63, 3.8) is 0 Å². The van der Waals surface area contributed by atoms with Gasteiger partial charge >= 0.3 is 0 Å². The highest BCUT2D eigenvalue weighted by atomic mass is 16.5. The average molecular weight is 512 g/mol. The van der Waals surface area contributed by atoms with Crippen LogP contribution in [0.4, 0.5) is 0 Å². The third-order valence-corrected chi connectivity index (χ3v) is 8.90. The molecule has 0 saturated carbocycles. The SMILES string of the molecule is N#Cc1ccccc1-c1ccc(-c2cccc3c2Oc2ccccc2C32c3ccccc3C3C=CC=CC32)cc1. The molecular weight excluding hydrogens is 486 g/mol. The van der Waals surface area contributed by atoms with Crippen molar-refractivity contribution in [1.29, 1.82) is 5.26 Å². The molecule has 2 heteroatoms. The zero-order valence-electron chi connectivity index (χ0n) is 21.8. The highest BCUT2D eigenvalue weighted by Gasteiger charge is 2.56. The number of hydrogen-bond donors (Lipinski definition) is 0. The summed E-state index contributed by atoms with van der Waals surface area (Å²) in [6, 6.07) is 42.7. The second-order valence-corrected chi connectivity index (χ2v) is 10.7. The normalized spacial score (nSPS) is 21.1. The van der Waals surface area contributed by atoms with Crippen molar-refractivity contribution in [3.8, 4) is 39.8 Å². The van der Waals surface area contributed by atoms with Crippen molar-refractivity contribution in [1.82, 2.24) is 0 Å². The van der Waals surface area contributed by atoms with Gasteiger partial charge in [0.05, 0.1) is 17.0 Å². The first-order chi connectivity index (χ1) is 19.8. The van der Waals surface area contributed by atoms with Gasteiger partial charge in [0.2, 0.25) is 0 Å². The number of fused-ring (bicyclic) bond motifs is 9. The number of para-hydroxylation sites is 2. The third-order valence-electron chi connectivity index (χ3n) is 8.90. The van der Waals surface area contributed by atoms with Crippen LogP contribution >= 0.6 is 0 Å². The second kappa shape index (κ2) is 8.70. The quantitative estimate of drug-likeness (QED) is 0.237. The van der Waals surface area contributed by atoms with E-state index < -0.39 is 0 Å². The van der Waals surface area contributed by atoms with Crippen LogP contribution in [0, 0.1) is 17.2 Å². The van der Waals surface area contributed by atoms with E-state index in [-0.39, 0.29) is 11.3 Å². The standard InChI is InChI=1S/C38H25NO/c39-24-27-10-1-2-11-28(27)25-20-22-26(23-21-25)29-14-9-18-35-37(29)40-36-19-8-7-17-34(36)38(35)32-15-5-3-12-30(32)31-13-4-6-16-33(31)38/h1-23,30,32H. The molecule has 8 rings (SSSR count). The van der Waals surface area contributed by atoms with Gasteiger partial charge in [0.25, 0.3) is 0 Å². The molecule has 1 spiro atoms. The van der Waals surface area contributed by atoms with E-state index in [0.717, 1.165) is 33.8 Å². The van der Waals surface area contributed by atoms with E-state index in [2.05, 4.69) is 121 Å². The second-order valence-electron chi connectivity index (χ2n) is 10.7. The molecule has 5 aromatic carbocycles. The van der Waals surface area contributed by atoms with Crippen molar-refractivity contribution in [2.45, 2.75) is 11.3 Å². The fourth-order valence-electron chi connectivity index (χ4n) is 7.28. The Kier molecular flexibility index (Phi) is 4.96. The van der Waals surface area contributed by atoms with Crippen LogP contribution in [0.5, 0.6) is 11.5 Å². The Labute approximate surface area is 234 Å². The van der Waals surface area contributed by atoms with Gasteiger partial charge < -0.3 is 4.74 Å². The van der Waals surface area contributed by atoms with Crippen LogP contribution in [0.2, 0.25) is 0 Å². The average Bonchev–Trinajstić information content (AvgIpc) is 3.32. The van der Waals surface area contributed by atoms with Gasteiger partial charge in [-0.05, 0) is 39.9 Å². The van der Waals surface area contributed by atoms with E-state index in [9.17, 15) is 5.26 Å². The van der Waals surface area contributed by atoms with E-state index in [4.69, 9.17) is 4.74 Å². The minimum absolute atomic E-state index is 0.249. The van der Waals surface area contributed by atoms with Crippen LogP contribution in [-0.2, 0) is 5.41 Å². The van der Waals surface area contributed by atoms with Crippen LogP contribution in [0.25, 0.3) is 22.3 Å². The molecule has 0 N–H and O–H groups in total. The topological polar surface area (TPSA) is 33.0 Å². The van der Waals surface area contributed by atoms with E-state index in [0.29, 0.717) is 11.5 Å². The fraction of sp³-hybridized carbons (Fsp3) is 0.0789. The molecule has 0 saturated heterocycles. The lowest BCUT2D eigenvalue weighted by Crippen LogP contribution is -2.37. The zero-order chi connectivity index (χ0) is 26.7. The molecule has 0 aromatic heterocycles. The first-order valence-electron chi connectivity index (χ1n) is 13.8. The van der Waals surface area contributed by atoms with Crippen LogP contribution in [-0.4, -0.2) is 0 Å². The number of ether oxygens (including phenoxy) is 1. The van der Waals surface area contributed by atoms with Crippen molar-refractivity contribution in [2.24, 2.45) is 5.92 Å². The molecule has 188 valence electrons. The van der Waals surface area contributed by atoms with E-state index in [1.54, 1.807) is 0 Å². The Bertz CT molecular complexity index is 1910. The highest BCUT2D eigenvalue weighted by Crippen LogP contribution is 2.65. The summed E-state index contributed by atoms with van der Waals surface area (Å²) in [7, 11) is 0. The van der Waals surface area contributed by atoms with Crippen LogP contribution < -0.4 is 4.74 Å². The Morgan fingerprint density at radius 3 is 2.10 bits per heavy atom. The molecule has 0 amide bonds. The number of allylic oxidation sites excluding steroid dienone is 4. The molecular formula is C38H25NO. The maximum atomic E-state index is 9.60. The number of benzene rings is 5. The molecule has 2 aliphatic carbocycles. The largest absolute Gasteiger partial charge is 0.456 e. The molecule has 5 aromatic rings. The molecule has 3 unspecified atom stereocenters. The first-order valence-corrected chi connectivity index (χ1v) is 13.8. The number of rotatable bonds is 2. The number of nitriles is 1. The van der Waals surface area contributed by atoms with Gasteiger partial charge in [-0.25, -0.2) is 0 Å². The lowest BCUT2D eigenvalue weighted by Gasteiger charge is -2.43. The summed E-state index contributed by atoms with van der Waals surface area (Å²) in [6.07, 6.45) is 9.14. The maximum Gasteiger partial charge on any atom is 0.139 e. The highest BCUT2D eigenvalue weighted by molar-refractivity contribution is 5.81. The van der Waals surface area contributed by atoms with Crippen molar-refractivity contribution in [2.75, 3.05) is 0 Å². The Hall–Kier alpha value is -5.13. The van der Waals surface area contributed by atoms with E-state index in [1.807, 2.05) is 24.3 Å². The van der Waals surface area contributed by atoms with Gasteiger partial charge in [0.1, 0.15) is 11.5 Å². The van der Waals surface area contributed by atoms with Crippen LogP contribution in [0.15, 0.2) is 140 Å². The Morgan fingerprint density at radius 1 is 0.600 bits per heavy atom. The molecule has 1 heterocycles. The summed E-state index contributed by atoms with van der Waals surface area (Å²) in [4.78, 5) is 0.